The zero-order valence-corrected chi connectivity index (χ0v) is 16.8. The van der Waals surface area contributed by atoms with Crippen LogP contribution in [-0.4, -0.2) is 37.7 Å². The molecule has 148 valence electrons. The van der Waals surface area contributed by atoms with Crippen LogP contribution in [0, 0.1) is 0 Å². The number of hydrogen-bond donors (Lipinski definition) is 2. The molecule has 2 aromatic carbocycles. The van der Waals surface area contributed by atoms with E-state index in [0.29, 0.717) is 30.4 Å². The largest absolute Gasteiger partial charge is 0.454 e. The summed E-state index contributed by atoms with van der Waals surface area (Å²) < 4.78 is 37.6. The molecule has 0 amide bonds. The van der Waals surface area contributed by atoms with Gasteiger partial charge in [-0.2, -0.15) is 4.31 Å². The van der Waals surface area contributed by atoms with Gasteiger partial charge in [-0.15, -0.1) is 0 Å². The van der Waals surface area contributed by atoms with Gasteiger partial charge in [-0.05, 0) is 61.0 Å². The first kappa shape index (κ1) is 19.0. The molecule has 2 aliphatic rings. The molecular formula is C19H21N3O4S2. The molecule has 2 aromatic rings. The van der Waals surface area contributed by atoms with Crippen LogP contribution in [-0.2, 0) is 16.6 Å². The predicted molar refractivity (Wildman–Crippen MR) is 110 cm³/mol. The number of hydrogen-bond acceptors (Lipinski definition) is 5. The van der Waals surface area contributed by atoms with Crippen LogP contribution in [0.25, 0.3) is 0 Å². The number of nitrogens with zero attached hydrogens (tertiary/aromatic N) is 1. The van der Waals surface area contributed by atoms with Gasteiger partial charge in [0.25, 0.3) is 0 Å². The van der Waals surface area contributed by atoms with Gasteiger partial charge in [0.05, 0.1) is 4.90 Å². The van der Waals surface area contributed by atoms with Crippen molar-refractivity contribution >= 4 is 33.0 Å². The molecule has 0 unspecified atom stereocenters. The molecule has 2 aliphatic heterocycles. The van der Waals surface area contributed by atoms with Crippen LogP contribution < -0.4 is 20.1 Å². The molecule has 4 rings (SSSR count). The molecule has 0 radical (unpaired) electrons. The summed E-state index contributed by atoms with van der Waals surface area (Å²) in [6, 6.07) is 12.4. The van der Waals surface area contributed by atoms with E-state index in [9.17, 15) is 8.42 Å². The minimum Gasteiger partial charge on any atom is -0.454 e. The number of sulfonamides is 1. The summed E-state index contributed by atoms with van der Waals surface area (Å²) in [5, 5.41) is 6.58. The quantitative estimate of drug-likeness (QED) is 0.722. The Balaban J connectivity index is 1.38. The molecule has 0 aliphatic carbocycles. The van der Waals surface area contributed by atoms with E-state index in [4.69, 9.17) is 21.7 Å². The fourth-order valence-electron chi connectivity index (χ4n) is 3.22. The van der Waals surface area contributed by atoms with Crippen molar-refractivity contribution in [1.82, 2.24) is 9.62 Å². The van der Waals surface area contributed by atoms with Crippen LogP contribution in [0.3, 0.4) is 0 Å². The zero-order chi connectivity index (χ0) is 19.6. The lowest BCUT2D eigenvalue weighted by atomic mass is 10.2. The molecule has 9 heteroatoms. The van der Waals surface area contributed by atoms with Gasteiger partial charge in [0.15, 0.2) is 16.6 Å². The second-order valence-corrected chi connectivity index (χ2v) is 8.98. The standard InChI is InChI=1S/C19H21N3O4S2/c23-28(24,22-8-1-2-9-22)16-5-3-4-15(11-16)21-19(27)20-12-14-6-7-17-18(10-14)26-13-25-17/h3-7,10-11H,1-2,8-9,12-13H2,(H2,20,21,27). The number of ether oxygens (including phenoxy) is 2. The molecule has 1 saturated heterocycles. The SMILES string of the molecule is O=S(=O)(c1cccc(NC(=S)NCc2ccc3c(c2)OCO3)c1)N1CCCC1. The van der Waals surface area contributed by atoms with Gasteiger partial charge in [-0.3, -0.25) is 0 Å². The Morgan fingerprint density at radius 2 is 1.86 bits per heavy atom. The average molecular weight is 420 g/mol. The Hall–Kier alpha value is -2.36. The Morgan fingerprint density at radius 1 is 1.07 bits per heavy atom. The number of thiocarbonyl (C=S) groups is 1. The van der Waals surface area contributed by atoms with Crippen LogP contribution in [0.1, 0.15) is 18.4 Å². The smallest absolute Gasteiger partial charge is 0.243 e. The van der Waals surface area contributed by atoms with Gasteiger partial charge in [0.1, 0.15) is 0 Å². The maximum Gasteiger partial charge on any atom is 0.243 e. The van der Waals surface area contributed by atoms with E-state index < -0.39 is 10.0 Å². The van der Waals surface area contributed by atoms with Crippen molar-refractivity contribution in [3.05, 3.63) is 48.0 Å². The number of rotatable bonds is 5. The fourth-order valence-corrected chi connectivity index (χ4v) is 4.97. The lowest BCUT2D eigenvalue weighted by molar-refractivity contribution is 0.174. The Labute approximate surface area is 169 Å². The van der Waals surface area contributed by atoms with Crippen molar-refractivity contribution in [3.8, 4) is 11.5 Å². The Morgan fingerprint density at radius 3 is 2.68 bits per heavy atom. The second kappa shape index (κ2) is 7.94. The molecule has 0 atom stereocenters. The lowest BCUT2D eigenvalue weighted by Crippen LogP contribution is -2.29. The van der Waals surface area contributed by atoms with Crippen molar-refractivity contribution in [2.24, 2.45) is 0 Å². The monoisotopic (exact) mass is 419 g/mol. The van der Waals surface area contributed by atoms with E-state index in [-0.39, 0.29) is 11.7 Å². The van der Waals surface area contributed by atoms with Gasteiger partial charge in [0.2, 0.25) is 16.8 Å². The van der Waals surface area contributed by atoms with E-state index in [1.54, 1.807) is 24.3 Å². The first-order valence-electron chi connectivity index (χ1n) is 9.06. The second-order valence-electron chi connectivity index (χ2n) is 6.63. The molecule has 0 saturated carbocycles. The first-order chi connectivity index (χ1) is 13.5. The third-order valence-corrected chi connectivity index (χ3v) is 6.83. The normalized spacial score (nSPS) is 16.1. The molecule has 0 bridgehead atoms. The average Bonchev–Trinajstić information content (AvgIpc) is 3.38. The van der Waals surface area contributed by atoms with Gasteiger partial charge in [0, 0.05) is 25.3 Å². The van der Waals surface area contributed by atoms with Crippen molar-refractivity contribution in [1.29, 1.82) is 0 Å². The van der Waals surface area contributed by atoms with Gasteiger partial charge >= 0.3 is 0 Å². The highest BCUT2D eigenvalue weighted by Crippen LogP contribution is 2.32. The molecule has 28 heavy (non-hydrogen) atoms. The summed E-state index contributed by atoms with van der Waals surface area (Å²) in [7, 11) is -3.45. The minimum atomic E-state index is -3.45. The zero-order valence-electron chi connectivity index (χ0n) is 15.2. The predicted octanol–water partition coefficient (Wildman–Crippen LogP) is 2.69. The van der Waals surface area contributed by atoms with E-state index >= 15 is 0 Å². The summed E-state index contributed by atoms with van der Waals surface area (Å²) in [5.74, 6) is 1.46. The summed E-state index contributed by atoms with van der Waals surface area (Å²) >= 11 is 5.34. The molecule has 7 nitrogen and oxygen atoms in total. The van der Waals surface area contributed by atoms with Gasteiger partial charge in [-0.25, -0.2) is 8.42 Å². The molecule has 1 fully saturated rings. The molecule has 0 spiro atoms. The number of anilines is 1. The highest BCUT2D eigenvalue weighted by Gasteiger charge is 2.27. The van der Waals surface area contributed by atoms with Crippen molar-refractivity contribution < 1.29 is 17.9 Å². The highest BCUT2D eigenvalue weighted by atomic mass is 32.2. The highest BCUT2D eigenvalue weighted by molar-refractivity contribution is 7.89. The van der Waals surface area contributed by atoms with Crippen LogP contribution in [0.2, 0.25) is 0 Å². The minimum absolute atomic E-state index is 0.239. The van der Waals surface area contributed by atoms with Gasteiger partial charge < -0.3 is 20.1 Å². The van der Waals surface area contributed by atoms with Crippen LogP contribution >= 0.6 is 12.2 Å². The maximum atomic E-state index is 12.7. The summed E-state index contributed by atoms with van der Waals surface area (Å²) in [6.07, 6.45) is 1.82. The molecule has 0 aromatic heterocycles. The maximum absolute atomic E-state index is 12.7. The van der Waals surface area contributed by atoms with Crippen molar-refractivity contribution in [3.63, 3.8) is 0 Å². The van der Waals surface area contributed by atoms with E-state index in [1.165, 1.54) is 4.31 Å². The number of fused-ring (bicyclic) bond motifs is 1. The summed E-state index contributed by atoms with van der Waals surface area (Å²) in [5.41, 5.74) is 1.63. The summed E-state index contributed by atoms with van der Waals surface area (Å²) in [4.78, 5) is 0.276. The number of benzene rings is 2. The fraction of sp³-hybridized carbons (Fsp3) is 0.316. The summed E-state index contributed by atoms with van der Waals surface area (Å²) in [6.45, 7) is 1.90. The Bertz CT molecular complexity index is 988. The van der Waals surface area contributed by atoms with Crippen LogP contribution in [0.4, 0.5) is 5.69 Å². The topological polar surface area (TPSA) is 79.9 Å². The van der Waals surface area contributed by atoms with E-state index in [0.717, 1.165) is 29.9 Å². The molecule has 2 heterocycles. The molecular weight excluding hydrogens is 398 g/mol. The number of nitrogens with one attached hydrogen (secondary N) is 2. The molecule has 2 N–H and O–H groups in total. The Kier molecular flexibility index (Phi) is 5.38. The van der Waals surface area contributed by atoms with Crippen molar-refractivity contribution in [2.45, 2.75) is 24.3 Å². The van der Waals surface area contributed by atoms with Crippen LogP contribution in [0.5, 0.6) is 11.5 Å². The van der Waals surface area contributed by atoms with Crippen LogP contribution in [0.15, 0.2) is 47.4 Å². The van der Waals surface area contributed by atoms with Crippen molar-refractivity contribution in [2.75, 3.05) is 25.2 Å². The lowest BCUT2D eigenvalue weighted by Gasteiger charge is -2.16. The van der Waals surface area contributed by atoms with E-state index in [2.05, 4.69) is 10.6 Å². The van der Waals surface area contributed by atoms with Gasteiger partial charge in [-0.1, -0.05) is 12.1 Å². The van der Waals surface area contributed by atoms with E-state index in [1.807, 2.05) is 18.2 Å². The third-order valence-electron chi connectivity index (χ3n) is 4.68. The first-order valence-corrected chi connectivity index (χ1v) is 10.9. The third kappa shape index (κ3) is 4.06.